The summed E-state index contributed by atoms with van der Waals surface area (Å²) in [7, 11) is 0. The van der Waals surface area contributed by atoms with Crippen molar-refractivity contribution >= 4 is 40.6 Å². The van der Waals surface area contributed by atoms with E-state index in [1.165, 1.54) is 17.1 Å². The fourth-order valence-corrected chi connectivity index (χ4v) is 3.42. The number of carbonyl (C=O) groups is 1. The van der Waals surface area contributed by atoms with Gasteiger partial charge in [-0.05, 0) is 29.3 Å². The summed E-state index contributed by atoms with van der Waals surface area (Å²) in [5, 5.41) is 22.7. The Balaban J connectivity index is 1.41. The number of amides is 1. The van der Waals surface area contributed by atoms with Crippen molar-refractivity contribution in [3.8, 4) is 0 Å². The molecule has 9 nitrogen and oxygen atoms in total. The quantitative estimate of drug-likeness (QED) is 0.312. The maximum atomic E-state index is 12.6. The second-order valence-corrected chi connectivity index (χ2v) is 7.73. The van der Waals surface area contributed by atoms with Crippen LogP contribution in [0.2, 0.25) is 10.0 Å². The highest BCUT2D eigenvalue weighted by Crippen LogP contribution is 2.23. The normalized spacial score (nSPS) is 10.8. The summed E-state index contributed by atoms with van der Waals surface area (Å²) in [6.07, 6.45) is 4.16. The first-order valence-electron chi connectivity index (χ1n) is 9.42. The van der Waals surface area contributed by atoms with Crippen molar-refractivity contribution < 1.29 is 9.72 Å². The third kappa shape index (κ3) is 4.96. The van der Waals surface area contributed by atoms with E-state index in [4.69, 9.17) is 23.2 Å². The van der Waals surface area contributed by atoms with Gasteiger partial charge < -0.3 is 5.32 Å². The van der Waals surface area contributed by atoms with Crippen molar-refractivity contribution in [1.82, 2.24) is 19.6 Å². The average molecular weight is 471 g/mol. The van der Waals surface area contributed by atoms with Crippen LogP contribution in [0.5, 0.6) is 0 Å². The number of nitro groups is 1. The number of aromatic nitrogens is 4. The van der Waals surface area contributed by atoms with Gasteiger partial charge in [0, 0.05) is 16.8 Å². The highest BCUT2D eigenvalue weighted by Gasteiger charge is 2.14. The molecule has 162 valence electrons. The Hall–Kier alpha value is -3.69. The molecule has 0 aliphatic rings. The molecule has 0 unspecified atom stereocenters. The van der Waals surface area contributed by atoms with E-state index in [-0.39, 0.29) is 17.4 Å². The summed E-state index contributed by atoms with van der Waals surface area (Å²) < 4.78 is 3.06. The van der Waals surface area contributed by atoms with Crippen molar-refractivity contribution in [1.29, 1.82) is 0 Å². The van der Waals surface area contributed by atoms with Crippen LogP contribution in [0.25, 0.3) is 0 Å². The first kappa shape index (κ1) is 21.5. The minimum Gasteiger partial charge on any atom is -0.304 e. The van der Waals surface area contributed by atoms with Crippen molar-refractivity contribution in [3.63, 3.8) is 0 Å². The summed E-state index contributed by atoms with van der Waals surface area (Å²) in [6, 6.07) is 14.2. The Morgan fingerprint density at radius 3 is 2.44 bits per heavy atom. The van der Waals surface area contributed by atoms with Crippen LogP contribution < -0.4 is 5.32 Å². The summed E-state index contributed by atoms with van der Waals surface area (Å²) in [5.41, 5.74) is 2.05. The zero-order valence-electron chi connectivity index (χ0n) is 16.5. The molecule has 0 aliphatic heterocycles. The smallest absolute Gasteiger partial charge is 0.304 e. The number of rotatable bonds is 7. The van der Waals surface area contributed by atoms with E-state index in [1.807, 2.05) is 18.2 Å². The third-order valence-electron chi connectivity index (χ3n) is 4.63. The van der Waals surface area contributed by atoms with Crippen LogP contribution in [-0.4, -0.2) is 30.4 Å². The number of nitrogens with one attached hydrogen (secondary N) is 1. The van der Waals surface area contributed by atoms with Gasteiger partial charge in [-0.3, -0.25) is 24.3 Å². The number of halogens is 2. The number of nitrogens with zero attached hydrogens (tertiary/aromatic N) is 5. The molecule has 0 atom stereocenters. The number of benzene rings is 2. The Morgan fingerprint density at radius 2 is 1.75 bits per heavy atom. The van der Waals surface area contributed by atoms with Crippen LogP contribution in [0.4, 0.5) is 11.5 Å². The summed E-state index contributed by atoms with van der Waals surface area (Å²) in [5.74, 6) is -0.118. The topological polar surface area (TPSA) is 108 Å². The molecule has 32 heavy (non-hydrogen) atoms. The first-order chi connectivity index (χ1) is 15.4. The van der Waals surface area contributed by atoms with E-state index >= 15 is 0 Å². The standard InChI is InChI=1S/C21H16Cl2N6O3/c22-18-4-2-1-3-16(18)11-28-13-19(23)20(26-28)25-21(30)15-7-5-14(6-8-15)10-27-12-17(9-24-27)29(31)32/h1-9,12-13H,10-11H2,(H,25,26,30). The monoisotopic (exact) mass is 470 g/mol. The second kappa shape index (κ2) is 9.21. The molecule has 4 aromatic rings. The van der Waals surface area contributed by atoms with Crippen LogP contribution >= 0.6 is 23.2 Å². The number of carbonyl (C=O) groups excluding carboxylic acids is 1. The fourth-order valence-electron chi connectivity index (χ4n) is 3.03. The largest absolute Gasteiger partial charge is 0.307 e. The molecule has 0 radical (unpaired) electrons. The fraction of sp³-hybridized carbons (Fsp3) is 0.0952. The highest BCUT2D eigenvalue weighted by atomic mass is 35.5. The van der Waals surface area contributed by atoms with E-state index in [0.717, 1.165) is 11.1 Å². The maximum Gasteiger partial charge on any atom is 0.307 e. The van der Waals surface area contributed by atoms with E-state index in [0.29, 0.717) is 28.7 Å². The van der Waals surface area contributed by atoms with Gasteiger partial charge in [-0.15, -0.1) is 0 Å². The van der Waals surface area contributed by atoms with Gasteiger partial charge in [0.25, 0.3) is 5.91 Å². The van der Waals surface area contributed by atoms with Crippen LogP contribution in [0.3, 0.4) is 0 Å². The lowest BCUT2D eigenvalue weighted by atomic mass is 10.1. The Kier molecular flexibility index (Phi) is 6.20. The molecule has 0 fully saturated rings. The lowest BCUT2D eigenvalue weighted by Crippen LogP contribution is -2.13. The number of anilines is 1. The van der Waals surface area contributed by atoms with Gasteiger partial charge >= 0.3 is 5.69 Å². The molecule has 0 aliphatic carbocycles. The van der Waals surface area contributed by atoms with Gasteiger partial charge in [0.05, 0.1) is 18.0 Å². The van der Waals surface area contributed by atoms with Gasteiger partial charge in [-0.2, -0.15) is 10.2 Å². The average Bonchev–Trinajstić information content (AvgIpc) is 3.37. The lowest BCUT2D eigenvalue weighted by Gasteiger charge is -2.06. The minimum absolute atomic E-state index is 0.0770. The Morgan fingerprint density at radius 1 is 1.00 bits per heavy atom. The number of hydrogen-bond donors (Lipinski definition) is 1. The molecular weight excluding hydrogens is 455 g/mol. The molecule has 11 heteroatoms. The summed E-state index contributed by atoms with van der Waals surface area (Å²) in [6.45, 7) is 0.754. The predicted molar refractivity (Wildman–Crippen MR) is 120 cm³/mol. The van der Waals surface area contributed by atoms with Gasteiger partial charge in [0.15, 0.2) is 5.82 Å². The van der Waals surface area contributed by atoms with Crippen LogP contribution in [-0.2, 0) is 13.1 Å². The molecule has 0 bridgehead atoms. The van der Waals surface area contributed by atoms with E-state index in [1.54, 1.807) is 41.2 Å². The first-order valence-corrected chi connectivity index (χ1v) is 10.2. The maximum absolute atomic E-state index is 12.6. The van der Waals surface area contributed by atoms with E-state index < -0.39 is 4.92 Å². The predicted octanol–water partition coefficient (Wildman–Crippen LogP) is 4.64. The lowest BCUT2D eigenvalue weighted by molar-refractivity contribution is -0.385. The van der Waals surface area contributed by atoms with Gasteiger partial charge in [0.2, 0.25) is 0 Å². The molecule has 2 aromatic carbocycles. The molecule has 2 aromatic heterocycles. The Labute approximate surface area is 192 Å². The summed E-state index contributed by atoms with van der Waals surface area (Å²) in [4.78, 5) is 22.9. The molecule has 1 amide bonds. The van der Waals surface area contributed by atoms with Crippen molar-refractivity contribution in [2.75, 3.05) is 5.32 Å². The van der Waals surface area contributed by atoms with Crippen LogP contribution in [0.1, 0.15) is 21.5 Å². The molecule has 0 spiro atoms. The van der Waals surface area contributed by atoms with Gasteiger partial charge in [-0.1, -0.05) is 53.5 Å². The van der Waals surface area contributed by atoms with Crippen molar-refractivity contribution in [2.45, 2.75) is 13.1 Å². The second-order valence-electron chi connectivity index (χ2n) is 6.92. The molecule has 2 heterocycles. The third-order valence-corrected chi connectivity index (χ3v) is 5.28. The number of hydrogen-bond acceptors (Lipinski definition) is 5. The minimum atomic E-state index is -0.502. The van der Waals surface area contributed by atoms with Crippen LogP contribution in [0, 0.1) is 10.1 Å². The zero-order valence-corrected chi connectivity index (χ0v) is 18.0. The zero-order chi connectivity index (χ0) is 22.7. The SMILES string of the molecule is O=C(Nc1nn(Cc2ccccc2Cl)cc1Cl)c1ccc(Cn2cc([N+](=O)[O-])cn2)cc1. The van der Waals surface area contributed by atoms with E-state index in [9.17, 15) is 14.9 Å². The van der Waals surface area contributed by atoms with Crippen LogP contribution in [0.15, 0.2) is 67.1 Å². The molecule has 0 saturated carbocycles. The highest BCUT2D eigenvalue weighted by molar-refractivity contribution is 6.33. The van der Waals surface area contributed by atoms with Crippen molar-refractivity contribution in [3.05, 3.63) is 104 Å². The van der Waals surface area contributed by atoms with Gasteiger partial charge in [0.1, 0.15) is 17.4 Å². The molecule has 4 rings (SSSR count). The molecule has 1 N–H and O–H groups in total. The van der Waals surface area contributed by atoms with Crippen molar-refractivity contribution in [2.24, 2.45) is 0 Å². The Bertz CT molecular complexity index is 1280. The van der Waals surface area contributed by atoms with E-state index in [2.05, 4.69) is 15.5 Å². The molecular formula is C21H16Cl2N6O3. The summed E-state index contributed by atoms with van der Waals surface area (Å²) >= 11 is 12.4. The molecule has 0 saturated heterocycles. The van der Waals surface area contributed by atoms with Gasteiger partial charge in [-0.25, -0.2) is 0 Å².